The van der Waals surface area contributed by atoms with Gasteiger partial charge in [-0.25, -0.2) is 4.79 Å². The largest absolute Gasteiger partial charge is 0.477 e. The lowest BCUT2D eigenvalue weighted by Gasteiger charge is -2.31. The van der Waals surface area contributed by atoms with Crippen molar-refractivity contribution >= 4 is 17.9 Å². The predicted octanol–water partition coefficient (Wildman–Crippen LogP) is 13.6. The molecule has 8 heteroatoms. The van der Waals surface area contributed by atoms with Crippen molar-refractivity contribution in [3.8, 4) is 0 Å². The fourth-order valence-corrected chi connectivity index (χ4v) is 6.33. The van der Waals surface area contributed by atoms with Gasteiger partial charge in [0.2, 0.25) is 0 Å². The van der Waals surface area contributed by atoms with E-state index >= 15 is 0 Å². The molecule has 2 atom stereocenters. The van der Waals surface area contributed by atoms with E-state index in [2.05, 4.69) is 123 Å². The molecule has 350 valence electrons. The number of carboxylic acid groups (broad SMARTS) is 1. The summed E-state index contributed by atoms with van der Waals surface area (Å²) >= 11 is 0. The topological polar surface area (TPSA) is 99.1 Å². The molecule has 0 spiro atoms. The van der Waals surface area contributed by atoms with Crippen molar-refractivity contribution in [1.29, 1.82) is 0 Å². The molecule has 0 aliphatic carbocycles. The molecule has 0 radical (unpaired) electrons. The highest BCUT2D eigenvalue weighted by molar-refractivity contribution is 5.72. The van der Waals surface area contributed by atoms with Crippen LogP contribution in [-0.2, 0) is 28.6 Å². The lowest BCUT2D eigenvalue weighted by Crippen LogP contribution is -2.50. The van der Waals surface area contributed by atoms with E-state index in [-0.39, 0.29) is 36.2 Å². The number of rotatable bonds is 41. The van der Waals surface area contributed by atoms with Gasteiger partial charge >= 0.3 is 17.9 Å². The molecule has 2 unspecified atom stereocenters. The molecule has 0 saturated carbocycles. The van der Waals surface area contributed by atoms with Crippen LogP contribution in [0, 0.1) is 0 Å². The molecule has 0 aliphatic heterocycles. The summed E-state index contributed by atoms with van der Waals surface area (Å²) in [6, 6.07) is -0.628. The molecule has 0 aliphatic rings. The second kappa shape index (κ2) is 43.6. The summed E-state index contributed by atoms with van der Waals surface area (Å²) in [7, 11) is 5.50. The van der Waals surface area contributed by atoms with Crippen molar-refractivity contribution < 1.29 is 38.2 Å². The van der Waals surface area contributed by atoms with Crippen LogP contribution < -0.4 is 0 Å². The van der Waals surface area contributed by atoms with Gasteiger partial charge < -0.3 is 23.8 Å². The van der Waals surface area contributed by atoms with E-state index in [0.29, 0.717) is 19.3 Å². The summed E-state index contributed by atoms with van der Waals surface area (Å²) in [5.41, 5.74) is 0. The standard InChI is InChI=1S/C54H87NO7/c1-6-8-10-12-14-16-18-20-22-23-24-25-26-27-28-29-31-32-34-36-38-40-42-44-52(56)61-49-50(48-60-47-46-51(54(58)59)55(3,4)5)62-53(57)45-43-41-39-37-35-33-30-21-19-17-15-13-11-9-7-2/h8-11,13-17,19-20,22,24-25,27-28,31-32,50-51H,6-7,12,18,21,23,26,29-30,33-49H2,1-5H3/p+1/b10-8+,11-9+,15-13+,16-14+,19-17+,22-20+,25-24+,28-27+,32-31+. The number of unbranched alkanes of at least 4 members (excludes halogenated alkanes) is 11. The average molecular weight is 863 g/mol. The van der Waals surface area contributed by atoms with Gasteiger partial charge in [0.05, 0.1) is 34.4 Å². The number of carbonyl (C=O) groups is 3. The first-order chi connectivity index (χ1) is 30.1. The van der Waals surface area contributed by atoms with Gasteiger partial charge in [-0.3, -0.25) is 9.59 Å². The van der Waals surface area contributed by atoms with Crippen LogP contribution in [0.4, 0.5) is 0 Å². The molecule has 62 heavy (non-hydrogen) atoms. The van der Waals surface area contributed by atoms with Crippen molar-refractivity contribution in [3.05, 3.63) is 109 Å². The zero-order chi connectivity index (χ0) is 45.6. The summed E-state index contributed by atoms with van der Waals surface area (Å²) in [5.74, 6) is -1.53. The van der Waals surface area contributed by atoms with Gasteiger partial charge in [0.25, 0.3) is 0 Å². The van der Waals surface area contributed by atoms with Crippen LogP contribution in [0.15, 0.2) is 109 Å². The zero-order valence-electron chi connectivity index (χ0n) is 39.8. The third-order valence-electron chi connectivity index (χ3n) is 9.98. The van der Waals surface area contributed by atoms with Crippen molar-refractivity contribution in [2.75, 3.05) is 41.0 Å². The summed E-state index contributed by atoms with van der Waals surface area (Å²) in [4.78, 5) is 37.1. The van der Waals surface area contributed by atoms with Gasteiger partial charge in [0.15, 0.2) is 12.1 Å². The van der Waals surface area contributed by atoms with E-state index in [4.69, 9.17) is 14.2 Å². The van der Waals surface area contributed by atoms with E-state index < -0.39 is 18.1 Å². The number of hydrogen-bond acceptors (Lipinski definition) is 6. The normalized spacial score (nSPS) is 13.9. The van der Waals surface area contributed by atoms with Crippen LogP contribution in [0.2, 0.25) is 0 Å². The van der Waals surface area contributed by atoms with Crippen molar-refractivity contribution in [2.45, 2.75) is 174 Å². The number of nitrogens with zero attached hydrogens (tertiary/aromatic N) is 1. The second-order valence-corrected chi connectivity index (χ2v) is 16.7. The fourth-order valence-electron chi connectivity index (χ4n) is 6.33. The molecule has 0 fully saturated rings. The Hall–Kier alpha value is -4.01. The van der Waals surface area contributed by atoms with E-state index in [0.717, 1.165) is 109 Å². The Labute approximate surface area is 378 Å². The van der Waals surface area contributed by atoms with Crippen LogP contribution in [0.1, 0.15) is 162 Å². The first-order valence-electron chi connectivity index (χ1n) is 24.0. The molecule has 0 rings (SSSR count). The molecule has 0 aromatic heterocycles. The smallest absolute Gasteiger partial charge is 0.362 e. The maximum atomic E-state index is 12.7. The number of carbonyl (C=O) groups excluding carboxylic acids is 2. The van der Waals surface area contributed by atoms with Crippen molar-refractivity contribution in [3.63, 3.8) is 0 Å². The number of aliphatic carboxylic acids is 1. The number of hydrogen-bond donors (Lipinski definition) is 1. The number of esters is 2. The molecular weight excluding hydrogens is 775 g/mol. The van der Waals surface area contributed by atoms with Crippen LogP contribution in [0.3, 0.4) is 0 Å². The summed E-state index contributed by atoms with van der Waals surface area (Å²) in [6.45, 7) is 4.43. The maximum absolute atomic E-state index is 12.7. The molecule has 8 nitrogen and oxygen atoms in total. The SMILES string of the molecule is CC/C=C/C=C/C=C/CCCCCCCCCC(=O)OC(COCCC(C(=O)O)[N+](C)(C)C)COC(=O)CCCCCC/C=C/C/C=C/C/C=C/C/C=C/C/C=C/C/C=C/CC. The number of ether oxygens (including phenoxy) is 3. The van der Waals surface area contributed by atoms with Gasteiger partial charge in [-0.05, 0) is 83.5 Å². The van der Waals surface area contributed by atoms with E-state index in [9.17, 15) is 19.5 Å². The third kappa shape index (κ3) is 41.3. The summed E-state index contributed by atoms with van der Waals surface area (Å²) in [6.07, 6.45) is 59.9. The quantitative estimate of drug-likeness (QED) is 0.0215. The Morgan fingerprint density at radius 2 is 0.935 bits per heavy atom. The van der Waals surface area contributed by atoms with E-state index in [1.807, 2.05) is 21.1 Å². The molecule has 0 aromatic carbocycles. The second-order valence-electron chi connectivity index (χ2n) is 16.7. The maximum Gasteiger partial charge on any atom is 0.362 e. The van der Waals surface area contributed by atoms with Crippen LogP contribution >= 0.6 is 0 Å². The highest BCUT2D eigenvalue weighted by Gasteiger charge is 2.31. The van der Waals surface area contributed by atoms with E-state index in [1.165, 1.54) is 19.3 Å². The fraction of sp³-hybridized carbons (Fsp3) is 0.611. The first-order valence-corrected chi connectivity index (χ1v) is 24.0. The zero-order valence-corrected chi connectivity index (χ0v) is 39.8. The minimum absolute atomic E-state index is 0.0402. The number of quaternary nitrogens is 1. The molecule has 0 amide bonds. The molecule has 0 saturated heterocycles. The van der Waals surface area contributed by atoms with Gasteiger partial charge in [-0.2, -0.15) is 0 Å². The number of carboxylic acids is 1. The predicted molar refractivity (Wildman–Crippen MR) is 261 cm³/mol. The Morgan fingerprint density at radius 3 is 1.44 bits per heavy atom. The molecule has 0 aromatic rings. The Bertz CT molecular complexity index is 1370. The van der Waals surface area contributed by atoms with Gasteiger partial charge in [-0.15, -0.1) is 0 Å². The average Bonchev–Trinajstić information content (AvgIpc) is 3.23. The molecular formula is C54H88NO7+. The van der Waals surface area contributed by atoms with Gasteiger partial charge in [0.1, 0.15) is 6.61 Å². The highest BCUT2D eigenvalue weighted by Crippen LogP contribution is 2.13. The Kier molecular flexibility index (Phi) is 40.8. The van der Waals surface area contributed by atoms with E-state index in [1.54, 1.807) is 0 Å². The Balaban J connectivity index is 4.37. The molecule has 0 bridgehead atoms. The van der Waals surface area contributed by atoms with Crippen LogP contribution in [0.5, 0.6) is 0 Å². The third-order valence-corrected chi connectivity index (χ3v) is 9.98. The van der Waals surface area contributed by atoms with Crippen LogP contribution in [-0.4, -0.2) is 80.6 Å². The molecule has 1 N–H and O–H groups in total. The Morgan fingerprint density at radius 1 is 0.500 bits per heavy atom. The summed E-state index contributed by atoms with van der Waals surface area (Å²) in [5, 5.41) is 9.64. The number of allylic oxidation sites excluding steroid dienone is 18. The molecule has 0 heterocycles. The van der Waals surface area contributed by atoms with Gasteiger partial charge in [-0.1, -0.05) is 168 Å². The van der Waals surface area contributed by atoms with Crippen molar-refractivity contribution in [1.82, 2.24) is 0 Å². The minimum atomic E-state index is -0.886. The monoisotopic (exact) mass is 863 g/mol. The van der Waals surface area contributed by atoms with Crippen LogP contribution in [0.25, 0.3) is 0 Å². The van der Waals surface area contributed by atoms with Gasteiger partial charge in [0, 0.05) is 19.3 Å². The summed E-state index contributed by atoms with van der Waals surface area (Å²) < 4.78 is 17.3. The van der Waals surface area contributed by atoms with Crippen molar-refractivity contribution in [2.24, 2.45) is 0 Å². The lowest BCUT2D eigenvalue weighted by molar-refractivity contribution is -0.887. The highest BCUT2D eigenvalue weighted by atomic mass is 16.6. The minimum Gasteiger partial charge on any atom is -0.477 e. The lowest BCUT2D eigenvalue weighted by atomic mass is 10.1. The first kappa shape index (κ1) is 58.0. The number of likely N-dealkylation sites (N-methyl/N-ethyl adjacent to an activating group) is 1.